The normalized spacial score (nSPS) is 36.1. The number of piperazine rings is 1. The summed E-state index contributed by atoms with van der Waals surface area (Å²) >= 11 is 0. The molecule has 4 rings (SSSR count). The molecule has 0 amide bonds. The van der Waals surface area contributed by atoms with Crippen LogP contribution in [0.1, 0.15) is 6.42 Å². The molecule has 6 nitrogen and oxygen atoms in total. The van der Waals surface area contributed by atoms with Crippen LogP contribution in [0.5, 0.6) is 0 Å². The molecule has 4 aliphatic heterocycles. The van der Waals surface area contributed by atoms with Crippen molar-refractivity contribution in [2.75, 3.05) is 79.2 Å². The number of rotatable bonds is 4. The Morgan fingerprint density at radius 1 is 0.810 bits per heavy atom. The Hall–Kier alpha value is -0.0231. The van der Waals surface area contributed by atoms with E-state index >= 15 is 0 Å². The van der Waals surface area contributed by atoms with Crippen LogP contribution in [0.4, 0.5) is 0 Å². The molecule has 0 saturated carbocycles. The second-order valence-corrected chi connectivity index (χ2v) is 9.05. The molecule has 7 heteroatoms. The van der Waals surface area contributed by atoms with Crippen LogP contribution in [0.3, 0.4) is 0 Å². The summed E-state index contributed by atoms with van der Waals surface area (Å²) in [5, 5.41) is 0. The van der Waals surface area contributed by atoms with E-state index in [2.05, 4.69) is 21.7 Å². The maximum atomic E-state index is 6.07. The van der Waals surface area contributed by atoms with Gasteiger partial charge in [-0.3, -0.25) is 4.90 Å². The summed E-state index contributed by atoms with van der Waals surface area (Å²) in [5.41, 5.74) is 0. The molecule has 0 radical (unpaired) electrons. The Bertz CT molecular complexity index is 300. The molecule has 0 aliphatic carbocycles. The van der Waals surface area contributed by atoms with Crippen molar-refractivity contribution in [3.63, 3.8) is 0 Å². The van der Waals surface area contributed by atoms with E-state index in [9.17, 15) is 0 Å². The van der Waals surface area contributed by atoms with Crippen molar-refractivity contribution in [3.8, 4) is 0 Å². The van der Waals surface area contributed by atoms with Crippen LogP contribution >= 0.6 is 0 Å². The van der Waals surface area contributed by atoms with Crippen molar-refractivity contribution in [2.24, 2.45) is 0 Å². The first-order chi connectivity index (χ1) is 10.3. The molecule has 4 fully saturated rings. The predicted octanol–water partition coefficient (Wildman–Crippen LogP) is -0.0582. The Kier molecular flexibility index (Phi) is 5.66. The second kappa shape index (κ2) is 7.50. The fourth-order valence-electron chi connectivity index (χ4n) is 3.26. The molecule has 0 spiro atoms. The molecular weight excluding hydrogens is 286 g/mol. The molecule has 0 aromatic carbocycles. The van der Waals surface area contributed by atoms with Gasteiger partial charge in [-0.1, -0.05) is 0 Å². The Labute approximate surface area is 129 Å². The lowest BCUT2D eigenvalue weighted by Crippen LogP contribution is -2.55. The quantitative estimate of drug-likeness (QED) is 0.677. The minimum Gasteiger partial charge on any atom is -0.372 e. The van der Waals surface area contributed by atoms with Crippen LogP contribution < -0.4 is 0 Å². The maximum absolute atomic E-state index is 6.07. The van der Waals surface area contributed by atoms with Gasteiger partial charge in [0, 0.05) is 51.9 Å². The van der Waals surface area contributed by atoms with E-state index in [0.29, 0.717) is 0 Å². The van der Waals surface area contributed by atoms with Crippen LogP contribution in [0.15, 0.2) is 0 Å². The SMILES string of the molecule is CN1CCN(CCC[Si]23OCCN(CCO2)CCO3)CC1. The average Bonchev–Trinajstić information content (AvgIpc) is 2.41. The topological polar surface area (TPSA) is 37.4 Å². The standard InChI is InChI=1S/C14H29N3O3Si/c1-15-4-6-16(7-5-15)3-2-14-21-18-11-8-17(9-12-19-21)10-13-20-21/h2-14H2,1H3. The van der Waals surface area contributed by atoms with Crippen molar-refractivity contribution in [2.45, 2.75) is 12.5 Å². The summed E-state index contributed by atoms with van der Waals surface area (Å²) in [4.78, 5) is 7.31. The van der Waals surface area contributed by atoms with Crippen LogP contribution in [0.25, 0.3) is 0 Å². The van der Waals surface area contributed by atoms with E-state index in [1.165, 1.54) is 26.2 Å². The smallest absolute Gasteiger partial charge is 0.372 e. The largest absolute Gasteiger partial charge is 0.501 e. The molecule has 0 aromatic heterocycles. The Morgan fingerprint density at radius 2 is 1.38 bits per heavy atom. The first-order valence-corrected chi connectivity index (χ1v) is 10.2. The van der Waals surface area contributed by atoms with Crippen LogP contribution in [0, 0.1) is 0 Å². The molecule has 4 aliphatic rings. The molecule has 122 valence electrons. The number of hydrogen-bond acceptors (Lipinski definition) is 6. The Balaban J connectivity index is 1.46. The van der Waals surface area contributed by atoms with Crippen LogP contribution in [-0.2, 0) is 13.3 Å². The van der Waals surface area contributed by atoms with Crippen molar-refractivity contribution in [1.29, 1.82) is 0 Å². The molecule has 0 aromatic rings. The predicted molar refractivity (Wildman–Crippen MR) is 83.4 cm³/mol. The van der Waals surface area contributed by atoms with Gasteiger partial charge < -0.3 is 23.1 Å². The summed E-state index contributed by atoms with van der Waals surface area (Å²) < 4.78 is 18.2. The molecule has 2 bridgehead atoms. The molecule has 21 heavy (non-hydrogen) atoms. The highest BCUT2D eigenvalue weighted by atomic mass is 28.4. The van der Waals surface area contributed by atoms with Crippen molar-refractivity contribution in [3.05, 3.63) is 0 Å². The van der Waals surface area contributed by atoms with Gasteiger partial charge in [0.2, 0.25) is 0 Å². The van der Waals surface area contributed by atoms with Crippen molar-refractivity contribution >= 4 is 8.80 Å². The van der Waals surface area contributed by atoms with Crippen molar-refractivity contribution < 1.29 is 13.3 Å². The van der Waals surface area contributed by atoms with Gasteiger partial charge in [-0.05, 0) is 20.0 Å². The highest BCUT2D eigenvalue weighted by Gasteiger charge is 2.43. The second-order valence-electron chi connectivity index (χ2n) is 6.32. The number of fused-ring (bicyclic) bond motifs is 6. The van der Waals surface area contributed by atoms with E-state index in [-0.39, 0.29) is 0 Å². The number of hydrogen-bond donors (Lipinski definition) is 0. The summed E-state index contributed by atoms with van der Waals surface area (Å²) in [6.45, 7) is 11.3. The third-order valence-corrected chi connectivity index (χ3v) is 7.64. The van der Waals surface area contributed by atoms with Gasteiger partial charge >= 0.3 is 8.80 Å². The molecule has 0 atom stereocenters. The van der Waals surface area contributed by atoms with Gasteiger partial charge in [-0.2, -0.15) is 0 Å². The van der Waals surface area contributed by atoms with Gasteiger partial charge in [0.05, 0.1) is 19.8 Å². The lowest BCUT2D eigenvalue weighted by atomic mass is 10.3. The zero-order chi connectivity index (χ0) is 14.5. The third kappa shape index (κ3) is 4.48. The van der Waals surface area contributed by atoms with E-state index in [1.54, 1.807) is 0 Å². The van der Waals surface area contributed by atoms with Crippen LogP contribution in [-0.4, -0.2) is 103 Å². The van der Waals surface area contributed by atoms with Crippen LogP contribution in [0.2, 0.25) is 6.04 Å². The minimum atomic E-state index is -2.39. The van der Waals surface area contributed by atoms with Gasteiger partial charge in [0.25, 0.3) is 0 Å². The highest BCUT2D eigenvalue weighted by molar-refractivity contribution is 6.60. The zero-order valence-electron chi connectivity index (χ0n) is 13.3. The average molecular weight is 315 g/mol. The molecule has 4 saturated heterocycles. The van der Waals surface area contributed by atoms with E-state index in [4.69, 9.17) is 13.3 Å². The van der Waals surface area contributed by atoms with Gasteiger partial charge in [-0.25, -0.2) is 0 Å². The lowest BCUT2D eigenvalue weighted by molar-refractivity contribution is -0.00898. The third-order valence-electron chi connectivity index (χ3n) is 4.74. The lowest BCUT2D eigenvalue weighted by Gasteiger charge is -2.38. The van der Waals surface area contributed by atoms with Gasteiger partial charge in [0.1, 0.15) is 0 Å². The summed E-state index contributed by atoms with van der Waals surface area (Å²) in [7, 11) is -0.190. The van der Waals surface area contributed by atoms with E-state index in [0.717, 1.165) is 58.5 Å². The molecule has 0 unspecified atom stereocenters. The first kappa shape index (κ1) is 15.9. The number of nitrogens with zero attached hydrogens (tertiary/aromatic N) is 3. The van der Waals surface area contributed by atoms with E-state index in [1.807, 2.05) is 0 Å². The molecule has 0 N–H and O–H groups in total. The monoisotopic (exact) mass is 315 g/mol. The van der Waals surface area contributed by atoms with Gasteiger partial charge in [0.15, 0.2) is 0 Å². The zero-order valence-corrected chi connectivity index (χ0v) is 14.3. The van der Waals surface area contributed by atoms with Crippen molar-refractivity contribution in [1.82, 2.24) is 14.7 Å². The summed E-state index contributed by atoms with van der Waals surface area (Å²) in [6.07, 6.45) is 1.12. The minimum absolute atomic E-state index is 0.765. The maximum Gasteiger partial charge on any atom is 0.501 e. The summed E-state index contributed by atoms with van der Waals surface area (Å²) in [5.74, 6) is 0. The summed E-state index contributed by atoms with van der Waals surface area (Å²) in [6, 6.07) is 0.972. The fourth-order valence-corrected chi connectivity index (χ4v) is 5.74. The van der Waals surface area contributed by atoms with E-state index < -0.39 is 8.80 Å². The first-order valence-electron chi connectivity index (χ1n) is 8.31. The van der Waals surface area contributed by atoms with Gasteiger partial charge in [-0.15, -0.1) is 0 Å². The molecular formula is C14H29N3O3Si. The highest BCUT2D eigenvalue weighted by Crippen LogP contribution is 2.22. The Morgan fingerprint density at radius 3 is 1.95 bits per heavy atom. The fraction of sp³-hybridized carbons (Fsp3) is 1.00. The molecule has 4 heterocycles. The number of likely N-dealkylation sites (N-methyl/N-ethyl adjacent to an activating group) is 1.